The van der Waals surface area contributed by atoms with Crippen LogP contribution in [0.2, 0.25) is 0 Å². The molecule has 116 valence electrons. The van der Waals surface area contributed by atoms with E-state index in [0.29, 0.717) is 24.9 Å². The highest BCUT2D eigenvalue weighted by molar-refractivity contribution is 7.89. The summed E-state index contributed by atoms with van der Waals surface area (Å²) in [4.78, 5) is 0.204. The number of rotatable bonds is 7. The molecule has 0 fully saturated rings. The minimum atomic E-state index is -3.56. The van der Waals surface area contributed by atoms with Crippen molar-refractivity contribution in [3.05, 3.63) is 29.8 Å². The number of aliphatic hydroxyl groups is 1. The maximum Gasteiger partial charge on any atom is 0.244 e. The third-order valence-electron chi connectivity index (χ3n) is 3.03. The Hall–Kier alpha value is -1.39. The average molecular weight is 310 g/mol. The van der Waals surface area contributed by atoms with Crippen LogP contribution < -0.4 is 5.73 Å². The van der Waals surface area contributed by atoms with Crippen LogP contribution in [0.5, 0.6) is 0 Å². The van der Waals surface area contributed by atoms with Crippen LogP contribution in [0.25, 0.3) is 0 Å². The van der Waals surface area contributed by atoms with Crippen LogP contribution in [0.1, 0.15) is 24.8 Å². The summed E-state index contributed by atoms with van der Waals surface area (Å²) in [5.41, 5.74) is 5.80. The van der Waals surface area contributed by atoms with E-state index in [4.69, 9.17) is 10.8 Å². The van der Waals surface area contributed by atoms with Crippen molar-refractivity contribution < 1.29 is 13.5 Å². The Labute approximate surface area is 126 Å². The lowest BCUT2D eigenvalue weighted by molar-refractivity contribution is 0.281. The Morgan fingerprint density at radius 1 is 1.24 bits per heavy atom. The SMILES string of the molecule is CN(CCCCCO)S(=O)(=O)c1ccccc1C#CCN. The quantitative estimate of drug-likeness (QED) is 0.576. The van der Waals surface area contributed by atoms with E-state index in [1.165, 1.54) is 4.31 Å². The van der Waals surface area contributed by atoms with Crippen molar-refractivity contribution in [3.8, 4) is 11.8 Å². The van der Waals surface area contributed by atoms with Crippen molar-refractivity contribution >= 4 is 10.0 Å². The maximum atomic E-state index is 12.6. The zero-order chi connectivity index (χ0) is 15.7. The lowest BCUT2D eigenvalue weighted by Gasteiger charge is -2.18. The first-order valence-electron chi connectivity index (χ1n) is 6.89. The molecule has 0 heterocycles. The van der Waals surface area contributed by atoms with Crippen molar-refractivity contribution in [2.75, 3.05) is 26.7 Å². The van der Waals surface area contributed by atoms with E-state index >= 15 is 0 Å². The van der Waals surface area contributed by atoms with Crippen LogP contribution in [0, 0.1) is 11.8 Å². The minimum absolute atomic E-state index is 0.133. The van der Waals surface area contributed by atoms with Gasteiger partial charge in [-0.1, -0.05) is 24.0 Å². The van der Waals surface area contributed by atoms with Gasteiger partial charge in [-0.05, 0) is 31.4 Å². The highest BCUT2D eigenvalue weighted by Gasteiger charge is 2.22. The summed E-state index contributed by atoms with van der Waals surface area (Å²) in [6.07, 6.45) is 2.20. The van der Waals surface area contributed by atoms with E-state index in [9.17, 15) is 8.42 Å². The van der Waals surface area contributed by atoms with Gasteiger partial charge in [0, 0.05) is 25.8 Å². The Bertz CT molecular complexity index is 603. The molecule has 0 aliphatic rings. The molecule has 1 aromatic rings. The van der Waals surface area contributed by atoms with E-state index in [1.54, 1.807) is 31.3 Å². The fraction of sp³-hybridized carbons (Fsp3) is 0.467. The molecule has 0 atom stereocenters. The van der Waals surface area contributed by atoms with E-state index < -0.39 is 10.0 Å². The summed E-state index contributed by atoms with van der Waals surface area (Å²) in [6, 6.07) is 6.66. The average Bonchev–Trinajstić information content (AvgIpc) is 2.49. The molecule has 0 radical (unpaired) electrons. The largest absolute Gasteiger partial charge is 0.396 e. The number of hydrogen-bond acceptors (Lipinski definition) is 4. The molecule has 21 heavy (non-hydrogen) atoms. The van der Waals surface area contributed by atoms with E-state index in [2.05, 4.69) is 11.8 Å². The molecular weight excluding hydrogens is 288 g/mol. The Balaban J connectivity index is 2.92. The molecule has 0 amide bonds. The van der Waals surface area contributed by atoms with Crippen LogP contribution >= 0.6 is 0 Å². The number of nitrogens with two attached hydrogens (primary N) is 1. The second kappa shape index (κ2) is 8.80. The molecule has 0 saturated carbocycles. The zero-order valence-electron chi connectivity index (χ0n) is 12.2. The standard InChI is InChI=1S/C15H22N2O3S/c1-17(12-5-2-6-13-18)21(19,20)15-10-4-3-8-14(15)9-7-11-16/h3-4,8,10,18H,2,5-6,11-13,16H2,1H3. The highest BCUT2D eigenvalue weighted by Crippen LogP contribution is 2.19. The maximum absolute atomic E-state index is 12.6. The van der Waals surface area contributed by atoms with Gasteiger partial charge in [0.05, 0.1) is 11.4 Å². The van der Waals surface area contributed by atoms with Gasteiger partial charge in [-0.25, -0.2) is 12.7 Å². The van der Waals surface area contributed by atoms with Gasteiger partial charge in [0.2, 0.25) is 10.0 Å². The fourth-order valence-electron chi connectivity index (χ4n) is 1.85. The molecule has 0 bridgehead atoms. The summed E-state index contributed by atoms with van der Waals surface area (Å²) in [6.45, 7) is 0.736. The topological polar surface area (TPSA) is 83.6 Å². The van der Waals surface area contributed by atoms with E-state index in [-0.39, 0.29) is 18.0 Å². The third kappa shape index (κ3) is 5.14. The van der Waals surface area contributed by atoms with Crippen LogP contribution in [0.15, 0.2) is 29.2 Å². The Morgan fingerprint density at radius 3 is 2.62 bits per heavy atom. The first kappa shape index (κ1) is 17.7. The van der Waals surface area contributed by atoms with Gasteiger partial charge in [0.25, 0.3) is 0 Å². The number of aliphatic hydroxyl groups excluding tert-OH is 1. The number of nitrogens with zero attached hydrogens (tertiary/aromatic N) is 1. The number of benzene rings is 1. The third-order valence-corrected chi connectivity index (χ3v) is 4.95. The number of unbranched alkanes of at least 4 members (excludes halogenated alkanes) is 2. The first-order valence-corrected chi connectivity index (χ1v) is 8.33. The van der Waals surface area contributed by atoms with Crippen molar-refractivity contribution in [1.82, 2.24) is 4.31 Å². The first-order chi connectivity index (χ1) is 10.0. The van der Waals surface area contributed by atoms with Gasteiger partial charge in [-0.2, -0.15) is 0 Å². The predicted octanol–water partition coefficient (Wildman–Crippen LogP) is 0.780. The van der Waals surface area contributed by atoms with E-state index in [1.807, 2.05) is 0 Å². The predicted molar refractivity (Wildman–Crippen MR) is 83.1 cm³/mol. The van der Waals surface area contributed by atoms with Crippen molar-refractivity contribution in [1.29, 1.82) is 0 Å². The van der Waals surface area contributed by atoms with Gasteiger partial charge in [-0.3, -0.25) is 0 Å². The molecule has 3 N–H and O–H groups in total. The molecule has 0 spiro atoms. The Kier molecular flexibility index (Phi) is 7.40. The van der Waals surface area contributed by atoms with Gasteiger partial charge in [0.15, 0.2) is 0 Å². The monoisotopic (exact) mass is 310 g/mol. The highest BCUT2D eigenvalue weighted by atomic mass is 32.2. The summed E-state index contributed by atoms with van der Waals surface area (Å²) in [7, 11) is -2.00. The molecule has 0 aliphatic heterocycles. The van der Waals surface area contributed by atoms with Crippen LogP contribution in [-0.2, 0) is 10.0 Å². The molecule has 5 nitrogen and oxygen atoms in total. The lowest BCUT2D eigenvalue weighted by atomic mass is 10.2. The molecule has 1 rings (SSSR count). The van der Waals surface area contributed by atoms with E-state index in [0.717, 1.165) is 6.42 Å². The smallest absolute Gasteiger partial charge is 0.244 e. The Morgan fingerprint density at radius 2 is 1.95 bits per heavy atom. The number of hydrogen-bond donors (Lipinski definition) is 2. The van der Waals surface area contributed by atoms with Gasteiger partial charge < -0.3 is 10.8 Å². The van der Waals surface area contributed by atoms with Crippen LogP contribution in [0.3, 0.4) is 0 Å². The number of sulfonamides is 1. The van der Waals surface area contributed by atoms with Gasteiger partial charge in [-0.15, -0.1) is 0 Å². The van der Waals surface area contributed by atoms with Crippen LogP contribution in [-0.4, -0.2) is 44.6 Å². The lowest BCUT2D eigenvalue weighted by Crippen LogP contribution is -2.28. The molecule has 0 unspecified atom stereocenters. The molecule has 0 aromatic heterocycles. The van der Waals surface area contributed by atoms with Crippen LogP contribution in [0.4, 0.5) is 0 Å². The molecular formula is C15H22N2O3S. The van der Waals surface area contributed by atoms with Gasteiger partial charge in [0.1, 0.15) is 0 Å². The normalized spacial score (nSPS) is 11.2. The summed E-state index contributed by atoms with van der Waals surface area (Å²) < 4.78 is 26.4. The molecule has 0 aliphatic carbocycles. The molecule has 6 heteroatoms. The summed E-state index contributed by atoms with van der Waals surface area (Å²) in [5, 5.41) is 8.73. The fourth-order valence-corrected chi connectivity index (χ4v) is 3.20. The molecule has 1 aromatic carbocycles. The zero-order valence-corrected chi connectivity index (χ0v) is 13.1. The van der Waals surface area contributed by atoms with Crippen molar-refractivity contribution in [2.24, 2.45) is 5.73 Å². The second-order valence-electron chi connectivity index (χ2n) is 4.61. The minimum Gasteiger partial charge on any atom is -0.396 e. The summed E-state index contributed by atoms with van der Waals surface area (Å²) in [5.74, 6) is 5.48. The van der Waals surface area contributed by atoms with Crippen molar-refractivity contribution in [3.63, 3.8) is 0 Å². The second-order valence-corrected chi connectivity index (χ2v) is 6.63. The summed E-state index contributed by atoms with van der Waals surface area (Å²) >= 11 is 0. The van der Waals surface area contributed by atoms with Crippen molar-refractivity contribution in [2.45, 2.75) is 24.2 Å². The molecule has 0 saturated heterocycles. The van der Waals surface area contributed by atoms with Gasteiger partial charge >= 0.3 is 0 Å².